The normalized spacial score (nSPS) is 17.5. The van der Waals surface area contributed by atoms with Gasteiger partial charge in [0.2, 0.25) is 0 Å². The van der Waals surface area contributed by atoms with Crippen molar-refractivity contribution < 1.29 is 172 Å². The van der Waals surface area contributed by atoms with Gasteiger partial charge >= 0.3 is 95.8 Å². The van der Waals surface area contributed by atoms with E-state index in [1.807, 2.05) is 0 Å². The van der Waals surface area contributed by atoms with Crippen molar-refractivity contribution in [2.45, 2.75) is 95.8 Å². The van der Waals surface area contributed by atoms with E-state index in [1.54, 1.807) is 0 Å². The standard InChI is InChI=1S/C20F38O/c21-3(1(7(27,28)17(47,48)49)5(23,24)9(31,32)11(35,36)13(39,40)15(43,44)19(53,54)55)59-4(22)2(8(29,30)18(50,51)52)6(25,26)10(33,34)12(37,38)14(41,42)16(45,46)20(56,57)58. The lowest BCUT2D eigenvalue weighted by atomic mass is 9.88. The van der Waals surface area contributed by atoms with Gasteiger partial charge in [0.15, 0.2) is 11.1 Å². The molecule has 59 heavy (non-hydrogen) atoms. The van der Waals surface area contributed by atoms with Crippen LogP contribution in [0.5, 0.6) is 0 Å². The summed E-state index contributed by atoms with van der Waals surface area (Å²) in [5, 5.41) is 0. The summed E-state index contributed by atoms with van der Waals surface area (Å²) in [6.45, 7) is 0. The lowest BCUT2D eigenvalue weighted by molar-refractivity contribution is -0.439. The van der Waals surface area contributed by atoms with E-state index in [0.29, 0.717) is 0 Å². The monoisotopic (exact) mass is 978 g/mol. The van der Waals surface area contributed by atoms with Crippen LogP contribution in [0.4, 0.5) is 167 Å². The second-order valence-corrected chi connectivity index (χ2v) is 10.3. The third-order valence-electron chi connectivity index (χ3n) is 6.41. The minimum atomic E-state index is -9.82. The second-order valence-electron chi connectivity index (χ2n) is 10.3. The van der Waals surface area contributed by atoms with E-state index < -0.39 is 119 Å². The molecule has 0 aliphatic heterocycles. The molecule has 1 nitrogen and oxygen atoms in total. The van der Waals surface area contributed by atoms with E-state index in [-0.39, 0.29) is 0 Å². The molecule has 0 spiro atoms. The molecule has 0 aromatic rings. The van der Waals surface area contributed by atoms with Gasteiger partial charge in [0.05, 0.1) is 0 Å². The second kappa shape index (κ2) is 14.1. The van der Waals surface area contributed by atoms with Gasteiger partial charge in [-0.05, 0) is 0 Å². The highest BCUT2D eigenvalue weighted by Crippen LogP contribution is 2.66. The summed E-state index contributed by atoms with van der Waals surface area (Å²) >= 11 is 0. The Labute approximate surface area is 292 Å². The van der Waals surface area contributed by atoms with Crippen molar-refractivity contribution in [2.24, 2.45) is 0 Å². The molecule has 0 N–H and O–H groups in total. The third kappa shape index (κ3) is 7.65. The molecule has 352 valence electrons. The molecule has 0 fully saturated rings. The van der Waals surface area contributed by atoms with Crippen LogP contribution in [0.25, 0.3) is 0 Å². The summed E-state index contributed by atoms with van der Waals surface area (Å²) in [5.41, 5.74) is -13.6. The topological polar surface area (TPSA) is 9.23 Å². The lowest BCUT2D eigenvalue weighted by Crippen LogP contribution is -2.71. The van der Waals surface area contributed by atoms with E-state index in [4.69, 9.17) is 0 Å². The Balaban J connectivity index is 8.88. The summed E-state index contributed by atoms with van der Waals surface area (Å²) in [6.07, 6.45) is -34.4. The van der Waals surface area contributed by atoms with Crippen molar-refractivity contribution in [2.75, 3.05) is 0 Å². The predicted molar refractivity (Wildman–Crippen MR) is 101 cm³/mol. The summed E-state index contributed by atoms with van der Waals surface area (Å²) < 4.78 is 508. The smallest absolute Gasteiger partial charge is 0.403 e. The Bertz CT molecular complexity index is 1480. The highest BCUT2D eigenvalue weighted by molar-refractivity contribution is 5.34. The van der Waals surface area contributed by atoms with Gasteiger partial charge in [0, 0.05) is 0 Å². The van der Waals surface area contributed by atoms with Gasteiger partial charge in [-0.1, -0.05) is 0 Å². The van der Waals surface area contributed by atoms with Crippen molar-refractivity contribution in [3.63, 3.8) is 0 Å². The Hall–Kier alpha value is -3.38. The van der Waals surface area contributed by atoms with Gasteiger partial charge in [-0.2, -0.15) is 167 Å². The number of alkyl halides is 36. The van der Waals surface area contributed by atoms with Crippen LogP contribution in [0.3, 0.4) is 0 Å². The Morgan fingerprint density at radius 3 is 0.525 bits per heavy atom. The van der Waals surface area contributed by atoms with E-state index in [1.165, 1.54) is 4.74 Å². The van der Waals surface area contributed by atoms with Crippen LogP contribution in [0.15, 0.2) is 23.2 Å². The molecule has 0 atom stereocenters. The number of allylic oxidation sites excluding steroid dienone is 2. The molecule has 0 bridgehead atoms. The molecule has 0 aromatic carbocycles. The lowest BCUT2D eigenvalue weighted by Gasteiger charge is -2.41. The minimum Gasteiger partial charge on any atom is -0.403 e. The maximum absolute atomic E-state index is 14.3. The summed E-state index contributed by atoms with van der Waals surface area (Å²) in [5.74, 6) is -113. The van der Waals surface area contributed by atoms with Crippen LogP contribution in [-0.2, 0) is 4.74 Å². The quantitative estimate of drug-likeness (QED) is 0.124. The number of hydrogen-bond donors (Lipinski definition) is 0. The maximum atomic E-state index is 14.3. The fourth-order valence-electron chi connectivity index (χ4n) is 3.21. The highest BCUT2D eigenvalue weighted by Gasteiger charge is 2.94. The first-order valence-electron chi connectivity index (χ1n) is 12.1. The molecule has 0 aliphatic carbocycles. The first-order chi connectivity index (χ1) is 24.8. The molecular formula is C20F38O. The number of rotatable bonds is 14. The fraction of sp³-hybridized carbons (Fsp3) is 0.800. The Kier molecular flexibility index (Phi) is 13.3. The Morgan fingerprint density at radius 2 is 0.373 bits per heavy atom. The zero-order chi connectivity index (χ0) is 49.0. The van der Waals surface area contributed by atoms with Crippen molar-refractivity contribution in [1.82, 2.24) is 0 Å². The van der Waals surface area contributed by atoms with Gasteiger partial charge < -0.3 is 4.74 Å². The highest BCUT2D eigenvalue weighted by atomic mass is 19.5. The first-order valence-corrected chi connectivity index (χ1v) is 12.1. The fourth-order valence-corrected chi connectivity index (χ4v) is 3.21. The van der Waals surface area contributed by atoms with Crippen molar-refractivity contribution >= 4 is 0 Å². The van der Waals surface area contributed by atoms with E-state index in [0.717, 1.165) is 0 Å². The van der Waals surface area contributed by atoms with Crippen LogP contribution < -0.4 is 0 Å². The van der Waals surface area contributed by atoms with E-state index in [2.05, 4.69) is 0 Å². The van der Waals surface area contributed by atoms with Gasteiger partial charge in [-0.25, -0.2) is 0 Å². The predicted octanol–water partition coefficient (Wildman–Crippen LogP) is 13.2. The molecule has 0 radical (unpaired) electrons. The van der Waals surface area contributed by atoms with Crippen LogP contribution in [-0.4, -0.2) is 95.8 Å². The third-order valence-corrected chi connectivity index (χ3v) is 6.41. The number of halogens is 38. The molecule has 0 saturated heterocycles. The summed E-state index contributed by atoms with van der Waals surface area (Å²) in [6, 6.07) is -12.8. The van der Waals surface area contributed by atoms with E-state index >= 15 is 0 Å². The molecule has 0 unspecified atom stereocenters. The largest absolute Gasteiger partial charge is 0.460 e. The summed E-state index contributed by atoms with van der Waals surface area (Å²) in [4.78, 5) is 0. The molecular weight excluding hydrogens is 978 g/mol. The summed E-state index contributed by atoms with van der Waals surface area (Å²) in [7, 11) is 0. The SMILES string of the molecule is FC(OC(F)=C(C(F)(F)C(F)(F)F)C(F)(F)C(F)(F)C(F)(F)C(F)(F)C(F)(F)C(F)(F)F)=C(C(F)(F)C(F)(F)F)C(F)(F)C(F)(F)C(F)(F)C(F)(F)C(F)(F)C(F)(F)F. The van der Waals surface area contributed by atoms with Crippen LogP contribution in [0, 0.1) is 0 Å². The molecule has 39 heteroatoms. The van der Waals surface area contributed by atoms with Gasteiger partial charge in [-0.15, -0.1) is 0 Å². The molecule has 0 heterocycles. The molecule has 0 aromatic heterocycles. The van der Waals surface area contributed by atoms with Crippen molar-refractivity contribution in [3.05, 3.63) is 23.2 Å². The van der Waals surface area contributed by atoms with Gasteiger partial charge in [-0.3, -0.25) is 0 Å². The Morgan fingerprint density at radius 1 is 0.203 bits per heavy atom. The average molecular weight is 978 g/mol. The number of ether oxygens (including phenoxy) is 1. The van der Waals surface area contributed by atoms with Gasteiger partial charge in [0.1, 0.15) is 0 Å². The zero-order valence-corrected chi connectivity index (χ0v) is 24.8. The molecule has 0 aliphatic rings. The maximum Gasteiger partial charge on any atom is 0.460 e. The van der Waals surface area contributed by atoms with E-state index in [9.17, 15) is 167 Å². The zero-order valence-electron chi connectivity index (χ0n) is 24.8. The molecule has 0 rings (SSSR count). The first kappa shape index (κ1) is 55.6. The van der Waals surface area contributed by atoms with Crippen LogP contribution in [0.1, 0.15) is 0 Å². The van der Waals surface area contributed by atoms with Crippen molar-refractivity contribution in [3.8, 4) is 0 Å². The van der Waals surface area contributed by atoms with Crippen LogP contribution in [0.2, 0.25) is 0 Å². The average Bonchev–Trinajstić information content (AvgIpc) is 2.93. The van der Waals surface area contributed by atoms with Crippen molar-refractivity contribution in [1.29, 1.82) is 0 Å². The molecule has 0 amide bonds. The van der Waals surface area contributed by atoms with Gasteiger partial charge in [0.25, 0.3) is 12.0 Å². The van der Waals surface area contributed by atoms with Crippen LogP contribution >= 0.6 is 0 Å². The minimum absolute atomic E-state index is 1.26. The number of hydrogen-bond acceptors (Lipinski definition) is 1. The molecule has 0 saturated carbocycles.